The first-order valence-corrected chi connectivity index (χ1v) is 9.75. The smallest absolute Gasteiger partial charge is 0.192 e. The quantitative estimate of drug-likeness (QED) is 0.834. The molecule has 1 N–H and O–H groups in total. The second-order valence-electron chi connectivity index (χ2n) is 7.24. The van der Waals surface area contributed by atoms with Gasteiger partial charge in [-0.25, -0.2) is 0 Å². The maximum atomic E-state index is 10.4. The fourth-order valence-electron chi connectivity index (χ4n) is 1.56. The molecule has 1 atom stereocenters. The molecule has 0 aliphatic carbocycles. The van der Waals surface area contributed by atoms with Gasteiger partial charge in [-0.3, -0.25) is 0 Å². The van der Waals surface area contributed by atoms with Crippen LogP contribution in [0.4, 0.5) is 0 Å². The summed E-state index contributed by atoms with van der Waals surface area (Å²) >= 11 is 0. The summed E-state index contributed by atoms with van der Waals surface area (Å²) in [7, 11) is -1.82. The maximum Gasteiger partial charge on any atom is 0.192 e. The number of hydrogen-bond acceptors (Lipinski definition) is 3. The molecule has 0 unspecified atom stereocenters. The van der Waals surface area contributed by atoms with E-state index in [4.69, 9.17) is 8.84 Å². The van der Waals surface area contributed by atoms with E-state index < -0.39 is 13.9 Å². The predicted molar refractivity (Wildman–Crippen MR) is 80.9 cm³/mol. The predicted octanol–water partition coefficient (Wildman–Crippen LogP) is 3.90. The molecule has 1 aromatic heterocycles. The third-order valence-corrected chi connectivity index (χ3v) is 8.38. The van der Waals surface area contributed by atoms with Crippen LogP contribution < -0.4 is 0 Å². The van der Waals surface area contributed by atoms with Gasteiger partial charge in [0.1, 0.15) is 11.5 Å². The molecule has 0 saturated heterocycles. The summed E-state index contributed by atoms with van der Waals surface area (Å²) in [4.78, 5) is 0. The van der Waals surface area contributed by atoms with Crippen molar-refractivity contribution in [3.05, 3.63) is 23.7 Å². The second-order valence-corrected chi connectivity index (χ2v) is 12.0. The van der Waals surface area contributed by atoms with E-state index in [2.05, 4.69) is 33.9 Å². The Hall–Kier alpha value is -0.583. The van der Waals surface area contributed by atoms with E-state index in [0.717, 1.165) is 11.5 Å². The number of aryl methyl sites for hydroxylation is 1. The molecule has 0 bridgehead atoms. The third kappa shape index (κ3) is 4.78. The largest absolute Gasteiger partial charge is 0.466 e. The summed E-state index contributed by atoms with van der Waals surface area (Å²) < 4.78 is 11.6. The lowest BCUT2D eigenvalue weighted by molar-refractivity contribution is 0.00319. The van der Waals surface area contributed by atoms with E-state index in [1.807, 2.05) is 19.1 Å². The number of aliphatic hydroxyl groups is 1. The van der Waals surface area contributed by atoms with Crippen LogP contribution in [0.5, 0.6) is 0 Å². The Kier molecular flexibility index (Phi) is 4.70. The Labute approximate surface area is 118 Å². The summed E-state index contributed by atoms with van der Waals surface area (Å²) in [6.45, 7) is 15.0. The standard InChI is InChI=1S/C15H28O3Si/c1-12-8-9-13(18-12)10-15(5,16)11-17-19(6,7)14(2,3)4/h8-9,16H,10-11H2,1-7H3/t15-/m1/s1. The average Bonchev–Trinajstić information content (AvgIpc) is 2.59. The van der Waals surface area contributed by atoms with Gasteiger partial charge in [0.15, 0.2) is 8.32 Å². The number of furan rings is 1. The van der Waals surface area contributed by atoms with Gasteiger partial charge in [-0.2, -0.15) is 0 Å². The molecule has 0 spiro atoms. The van der Waals surface area contributed by atoms with Gasteiger partial charge in [-0.15, -0.1) is 0 Å². The van der Waals surface area contributed by atoms with Crippen LogP contribution in [0.2, 0.25) is 18.1 Å². The summed E-state index contributed by atoms with van der Waals surface area (Å²) in [5.41, 5.74) is -0.889. The molecule has 110 valence electrons. The van der Waals surface area contributed by atoms with Crippen molar-refractivity contribution in [2.24, 2.45) is 0 Å². The van der Waals surface area contributed by atoms with Crippen LogP contribution in [0.1, 0.15) is 39.2 Å². The van der Waals surface area contributed by atoms with Gasteiger partial charge in [0.05, 0.1) is 12.2 Å². The van der Waals surface area contributed by atoms with Gasteiger partial charge in [-0.05, 0) is 44.1 Å². The lowest BCUT2D eigenvalue weighted by atomic mass is 10.0. The van der Waals surface area contributed by atoms with Crippen molar-refractivity contribution in [1.82, 2.24) is 0 Å². The number of hydrogen-bond donors (Lipinski definition) is 1. The Morgan fingerprint density at radius 1 is 1.21 bits per heavy atom. The molecule has 0 fully saturated rings. The normalized spacial score (nSPS) is 16.4. The van der Waals surface area contributed by atoms with Gasteiger partial charge in [-0.1, -0.05) is 20.8 Å². The van der Waals surface area contributed by atoms with E-state index >= 15 is 0 Å². The Morgan fingerprint density at radius 2 is 1.79 bits per heavy atom. The van der Waals surface area contributed by atoms with E-state index in [9.17, 15) is 5.11 Å². The molecular weight excluding hydrogens is 256 g/mol. The molecule has 0 aromatic carbocycles. The van der Waals surface area contributed by atoms with E-state index in [1.165, 1.54) is 0 Å². The highest BCUT2D eigenvalue weighted by Gasteiger charge is 2.39. The Balaban J connectivity index is 2.60. The third-order valence-electron chi connectivity index (χ3n) is 3.90. The summed E-state index contributed by atoms with van der Waals surface area (Å²) in [5.74, 6) is 1.68. The fourth-order valence-corrected chi connectivity index (χ4v) is 2.66. The van der Waals surface area contributed by atoms with Gasteiger partial charge < -0.3 is 13.9 Å². The lowest BCUT2D eigenvalue weighted by Gasteiger charge is -2.38. The van der Waals surface area contributed by atoms with Crippen LogP contribution >= 0.6 is 0 Å². The minimum atomic E-state index is -1.82. The van der Waals surface area contributed by atoms with Crippen molar-refractivity contribution < 1.29 is 13.9 Å². The maximum absolute atomic E-state index is 10.4. The van der Waals surface area contributed by atoms with Crippen LogP contribution in [0.3, 0.4) is 0 Å². The van der Waals surface area contributed by atoms with Crippen molar-refractivity contribution in [1.29, 1.82) is 0 Å². The summed E-state index contributed by atoms with van der Waals surface area (Å²) in [6.07, 6.45) is 0.482. The zero-order valence-corrected chi connectivity index (χ0v) is 14.3. The molecule has 1 heterocycles. The van der Waals surface area contributed by atoms with Crippen LogP contribution in [-0.4, -0.2) is 25.6 Å². The summed E-state index contributed by atoms with van der Waals surface area (Å²) in [6, 6.07) is 3.83. The van der Waals surface area contributed by atoms with Crippen molar-refractivity contribution in [2.45, 2.75) is 64.8 Å². The van der Waals surface area contributed by atoms with E-state index in [-0.39, 0.29) is 5.04 Å². The Morgan fingerprint density at radius 3 is 2.21 bits per heavy atom. The molecule has 19 heavy (non-hydrogen) atoms. The molecule has 0 radical (unpaired) electrons. The monoisotopic (exact) mass is 284 g/mol. The van der Waals surface area contributed by atoms with Crippen molar-refractivity contribution in [2.75, 3.05) is 6.61 Å². The topological polar surface area (TPSA) is 42.6 Å². The highest BCUT2D eigenvalue weighted by atomic mass is 28.4. The first-order valence-electron chi connectivity index (χ1n) is 6.85. The van der Waals surface area contributed by atoms with Gasteiger partial charge >= 0.3 is 0 Å². The molecule has 0 aliphatic heterocycles. The van der Waals surface area contributed by atoms with Gasteiger partial charge in [0.2, 0.25) is 0 Å². The molecule has 0 amide bonds. The summed E-state index contributed by atoms with van der Waals surface area (Å²) in [5, 5.41) is 10.6. The van der Waals surface area contributed by atoms with Crippen LogP contribution in [0.15, 0.2) is 16.5 Å². The van der Waals surface area contributed by atoms with Gasteiger partial charge in [0.25, 0.3) is 0 Å². The first-order chi connectivity index (χ1) is 8.43. The van der Waals surface area contributed by atoms with Gasteiger partial charge in [0, 0.05) is 6.42 Å². The van der Waals surface area contributed by atoms with Crippen LogP contribution in [-0.2, 0) is 10.8 Å². The van der Waals surface area contributed by atoms with Crippen LogP contribution in [0, 0.1) is 6.92 Å². The zero-order valence-electron chi connectivity index (χ0n) is 13.3. The molecular formula is C15H28O3Si. The van der Waals surface area contributed by atoms with E-state index in [0.29, 0.717) is 13.0 Å². The minimum Gasteiger partial charge on any atom is -0.466 e. The average molecular weight is 284 g/mol. The highest BCUT2D eigenvalue weighted by Crippen LogP contribution is 2.37. The van der Waals surface area contributed by atoms with Crippen LogP contribution in [0.25, 0.3) is 0 Å². The molecule has 0 aliphatic rings. The lowest BCUT2D eigenvalue weighted by Crippen LogP contribution is -2.46. The van der Waals surface area contributed by atoms with Crippen molar-refractivity contribution >= 4 is 8.32 Å². The first kappa shape index (κ1) is 16.5. The SMILES string of the molecule is Cc1ccc(C[C@@](C)(O)CO[Si](C)(C)C(C)(C)C)o1. The van der Waals surface area contributed by atoms with Crippen molar-refractivity contribution in [3.63, 3.8) is 0 Å². The highest BCUT2D eigenvalue weighted by molar-refractivity contribution is 6.74. The molecule has 4 heteroatoms. The Bertz CT molecular complexity index is 413. The van der Waals surface area contributed by atoms with Crippen molar-refractivity contribution in [3.8, 4) is 0 Å². The minimum absolute atomic E-state index is 0.157. The molecule has 0 saturated carbocycles. The fraction of sp³-hybridized carbons (Fsp3) is 0.733. The zero-order chi connectivity index (χ0) is 14.9. The molecule has 1 rings (SSSR count). The molecule has 1 aromatic rings. The van der Waals surface area contributed by atoms with E-state index in [1.54, 1.807) is 6.92 Å². The molecule has 3 nitrogen and oxygen atoms in total. The second kappa shape index (κ2) is 5.42. The number of rotatable bonds is 5.